The van der Waals surface area contributed by atoms with Crippen LogP contribution in [0, 0.1) is 0 Å². The van der Waals surface area contributed by atoms with Gasteiger partial charge in [-0.05, 0) is 19.8 Å². The van der Waals surface area contributed by atoms with Crippen LogP contribution in [0.3, 0.4) is 0 Å². The zero-order valence-corrected chi connectivity index (χ0v) is 11.7. The van der Waals surface area contributed by atoms with Gasteiger partial charge in [-0.2, -0.15) is 0 Å². The maximum absolute atomic E-state index is 11.4. The Hall–Kier alpha value is -0.690. The molecule has 3 N–H and O–H groups in total. The van der Waals surface area contributed by atoms with Crippen molar-refractivity contribution in [2.45, 2.75) is 38.3 Å². The summed E-state index contributed by atoms with van der Waals surface area (Å²) in [6.07, 6.45) is 2.12. The fourth-order valence-corrected chi connectivity index (χ4v) is 1.54. The standard InChI is InChI=1S/C13H26N2O4/c1-2-18-7-8-19-10-12(16)9-14-6-5-13(17)15-11-3-4-11/h11-12,14,16H,2-10H2,1H3,(H,15,17). The van der Waals surface area contributed by atoms with E-state index in [-0.39, 0.29) is 12.5 Å². The van der Waals surface area contributed by atoms with Crippen molar-refractivity contribution in [2.75, 3.05) is 39.5 Å². The highest BCUT2D eigenvalue weighted by atomic mass is 16.5. The molecule has 1 aliphatic rings. The molecule has 19 heavy (non-hydrogen) atoms. The monoisotopic (exact) mass is 274 g/mol. The number of carbonyl (C=O) groups is 1. The summed E-state index contributed by atoms with van der Waals surface area (Å²) in [5.41, 5.74) is 0. The molecule has 0 spiro atoms. The molecule has 1 unspecified atom stereocenters. The Bertz CT molecular complexity index is 247. The molecule has 0 aromatic heterocycles. The smallest absolute Gasteiger partial charge is 0.221 e. The average Bonchev–Trinajstić information content (AvgIpc) is 3.18. The van der Waals surface area contributed by atoms with Gasteiger partial charge in [-0.25, -0.2) is 0 Å². The van der Waals surface area contributed by atoms with Crippen molar-refractivity contribution in [2.24, 2.45) is 0 Å². The number of ether oxygens (including phenoxy) is 2. The van der Waals surface area contributed by atoms with Gasteiger partial charge >= 0.3 is 0 Å². The Morgan fingerprint density at radius 2 is 2.11 bits per heavy atom. The molecule has 1 amide bonds. The van der Waals surface area contributed by atoms with Crippen molar-refractivity contribution in [3.8, 4) is 0 Å². The van der Waals surface area contributed by atoms with Gasteiger partial charge in [0, 0.05) is 32.2 Å². The second-order valence-electron chi connectivity index (χ2n) is 4.72. The largest absolute Gasteiger partial charge is 0.389 e. The summed E-state index contributed by atoms with van der Waals surface area (Å²) >= 11 is 0. The van der Waals surface area contributed by atoms with E-state index >= 15 is 0 Å². The van der Waals surface area contributed by atoms with Gasteiger partial charge in [0.25, 0.3) is 0 Å². The normalized spacial score (nSPS) is 16.3. The summed E-state index contributed by atoms with van der Waals surface area (Å²) in [5, 5.41) is 15.6. The summed E-state index contributed by atoms with van der Waals surface area (Å²) < 4.78 is 10.4. The molecule has 0 aromatic rings. The van der Waals surface area contributed by atoms with E-state index in [1.165, 1.54) is 0 Å². The Kier molecular flexibility index (Phi) is 8.73. The Balaban J connectivity index is 1.83. The minimum Gasteiger partial charge on any atom is -0.389 e. The Morgan fingerprint density at radius 3 is 2.79 bits per heavy atom. The predicted molar refractivity (Wildman–Crippen MR) is 72.0 cm³/mol. The quantitative estimate of drug-likeness (QED) is 0.424. The van der Waals surface area contributed by atoms with E-state index in [2.05, 4.69) is 10.6 Å². The topological polar surface area (TPSA) is 79.8 Å². The lowest BCUT2D eigenvalue weighted by Gasteiger charge is -2.12. The second kappa shape index (κ2) is 10.1. The third-order valence-corrected chi connectivity index (χ3v) is 2.74. The van der Waals surface area contributed by atoms with Crippen molar-refractivity contribution in [3.63, 3.8) is 0 Å². The first-order valence-corrected chi connectivity index (χ1v) is 7.06. The number of hydrogen-bond donors (Lipinski definition) is 3. The number of carbonyl (C=O) groups excluding carboxylic acids is 1. The van der Waals surface area contributed by atoms with Gasteiger partial charge in [0.1, 0.15) is 0 Å². The van der Waals surface area contributed by atoms with Crippen molar-refractivity contribution in [3.05, 3.63) is 0 Å². The molecule has 1 rings (SSSR count). The van der Waals surface area contributed by atoms with Crippen LogP contribution in [0.1, 0.15) is 26.2 Å². The van der Waals surface area contributed by atoms with Gasteiger partial charge in [-0.1, -0.05) is 0 Å². The molecule has 1 fully saturated rings. The number of hydrogen-bond acceptors (Lipinski definition) is 5. The summed E-state index contributed by atoms with van der Waals surface area (Å²) in [6.45, 7) is 4.95. The maximum Gasteiger partial charge on any atom is 0.221 e. The van der Waals surface area contributed by atoms with E-state index in [0.717, 1.165) is 12.8 Å². The first-order chi connectivity index (χ1) is 9.22. The van der Waals surface area contributed by atoms with Crippen molar-refractivity contribution < 1.29 is 19.4 Å². The van der Waals surface area contributed by atoms with Crippen LogP contribution in [0.15, 0.2) is 0 Å². The molecule has 0 bridgehead atoms. The second-order valence-corrected chi connectivity index (χ2v) is 4.72. The molecule has 0 heterocycles. The summed E-state index contributed by atoms with van der Waals surface area (Å²) in [4.78, 5) is 11.4. The number of aliphatic hydroxyl groups is 1. The van der Waals surface area contributed by atoms with Crippen molar-refractivity contribution in [1.29, 1.82) is 0 Å². The number of nitrogens with one attached hydrogen (secondary N) is 2. The van der Waals surface area contributed by atoms with E-state index in [1.807, 2.05) is 6.92 Å². The zero-order chi connectivity index (χ0) is 13.9. The first kappa shape index (κ1) is 16.4. The lowest BCUT2D eigenvalue weighted by molar-refractivity contribution is -0.121. The van der Waals surface area contributed by atoms with Crippen LogP contribution in [0.25, 0.3) is 0 Å². The Labute approximate surface area is 114 Å². The van der Waals surface area contributed by atoms with Crippen molar-refractivity contribution >= 4 is 5.91 Å². The van der Waals surface area contributed by atoms with Gasteiger partial charge in [0.2, 0.25) is 5.91 Å². The molecule has 1 atom stereocenters. The van der Waals surface area contributed by atoms with Crippen LogP contribution < -0.4 is 10.6 Å². The summed E-state index contributed by atoms with van der Waals surface area (Å²) in [6, 6.07) is 0.414. The van der Waals surface area contributed by atoms with Crippen LogP contribution in [-0.4, -0.2) is 62.7 Å². The van der Waals surface area contributed by atoms with Crippen molar-refractivity contribution in [1.82, 2.24) is 10.6 Å². The number of amides is 1. The molecule has 1 aliphatic carbocycles. The van der Waals surface area contributed by atoms with Crippen LogP contribution in [0.5, 0.6) is 0 Å². The number of rotatable bonds is 12. The lowest BCUT2D eigenvalue weighted by atomic mass is 10.3. The fourth-order valence-electron chi connectivity index (χ4n) is 1.54. The van der Waals surface area contributed by atoms with E-state index in [4.69, 9.17) is 9.47 Å². The molecular formula is C13H26N2O4. The molecule has 1 saturated carbocycles. The van der Waals surface area contributed by atoms with Crippen LogP contribution >= 0.6 is 0 Å². The first-order valence-electron chi connectivity index (χ1n) is 7.06. The van der Waals surface area contributed by atoms with E-state index in [9.17, 15) is 9.90 Å². The van der Waals surface area contributed by atoms with Gasteiger partial charge < -0.3 is 25.2 Å². The molecular weight excluding hydrogens is 248 g/mol. The summed E-state index contributed by atoms with van der Waals surface area (Å²) in [7, 11) is 0. The van der Waals surface area contributed by atoms with E-state index in [1.54, 1.807) is 0 Å². The highest BCUT2D eigenvalue weighted by Crippen LogP contribution is 2.18. The molecule has 0 radical (unpaired) electrons. The Morgan fingerprint density at radius 1 is 1.37 bits per heavy atom. The van der Waals surface area contributed by atoms with Gasteiger partial charge in [0.05, 0.1) is 25.9 Å². The molecule has 6 heteroatoms. The lowest BCUT2D eigenvalue weighted by Crippen LogP contribution is -2.34. The predicted octanol–water partition coefficient (Wildman–Crippen LogP) is -0.341. The molecule has 6 nitrogen and oxygen atoms in total. The molecule has 112 valence electrons. The third-order valence-electron chi connectivity index (χ3n) is 2.74. The molecule has 0 saturated heterocycles. The zero-order valence-electron chi connectivity index (χ0n) is 11.7. The summed E-state index contributed by atoms with van der Waals surface area (Å²) in [5.74, 6) is 0.0810. The van der Waals surface area contributed by atoms with E-state index < -0.39 is 6.10 Å². The molecule has 0 aliphatic heterocycles. The SMILES string of the molecule is CCOCCOCC(O)CNCCC(=O)NC1CC1. The minimum absolute atomic E-state index is 0.0810. The molecule has 0 aromatic carbocycles. The highest BCUT2D eigenvalue weighted by Gasteiger charge is 2.22. The van der Waals surface area contributed by atoms with E-state index in [0.29, 0.717) is 45.4 Å². The van der Waals surface area contributed by atoms with Crippen LogP contribution in [0.4, 0.5) is 0 Å². The van der Waals surface area contributed by atoms with Crippen LogP contribution in [0.2, 0.25) is 0 Å². The third kappa shape index (κ3) is 9.84. The van der Waals surface area contributed by atoms with Gasteiger partial charge in [-0.15, -0.1) is 0 Å². The fraction of sp³-hybridized carbons (Fsp3) is 0.923. The van der Waals surface area contributed by atoms with Gasteiger partial charge in [-0.3, -0.25) is 4.79 Å². The maximum atomic E-state index is 11.4. The van der Waals surface area contributed by atoms with Gasteiger partial charge in [0.15, 0.2) is 0 Å². The minimum atomic E-state index is -0.548. The highest BCUT2D eigenvalue weighted by molar-refractivity contribution is 5.76. The van der Waals surface area contributed by atoms with Crippen LogP contribution in [-0.2, 0) is 14.3 Å². The average molecular weight is 274 g/mol. The number of aliphatic hydroxyl groups excluding tert-OH is 1.